The van der Waals surface area contributed by atoms with Crippen LogP contribution in [-0.2, 0) is 19.1 Å². The molecule has 5 atom stereocenters. The molecule has 0 aromatic carbocycles. The Morgan fingerprint density at radius 2 is 1.77 bits per heavy atom. The fraction of sp³-hybridized carbons (Fsp3) is 0.842. The second kappa shape index (κ2) is 9.58. The molecule has 150 valence electrons. The highest BCUT2D eigenvalue weighted by atomic mass is 16.5. The summed E-state index contributed by atoms with van der Waals surface area (Å²) in [4.78, 5) is 35.7. The standard InChI is InChI=1S/C19H32O7/c1-11(2)19(4)7-5-6-13(10-19)26-18(25)17(24)9-16(23)15(22)8-14(21)12(3)20/h11-15,20-22H,5-10H2,1-4H3. The van der Waals surface area contributed by atoms with Crippen LogP contribution in [-0.4, -0.2) is 57.3 Å². The van der Waals surface area contributed by atoms with E-state index in [2.05, 4.69) is 20.8 Å². The highest BCUT2D eigenvalue weighted by molar-refractivity contribution is 6.37. The molecular formula is C19H32O7. The first-order valence-corrected chi connectivity index (χ1v) is 9.27. The maximum absolute atomic E-state index is 12.0. The van der Waals surface area contributed by atoms with E-state index in [0.29, 0.717) is 18.8 Å². The van der Waals surface area contributed by atoms with E-state index >= 15 is 0 Å². The summed E-state index contributed by atoms with van der Waals surface area (Å²) in [5.74, 6) is -2.50. The predicted molar refractivity (Wildman–Crippen MR) is 94.2 cm³/mol. The summed E-state index contributed by atoms with van der Waals surface area (Å²) >= 11 is 0. The van der Waals surface area contributed by atoms with Gasteiger partial charge in [-0.05, 0) is 43.9 Å². The van der Waals surface area contributed by atoms with Crippen molar-refractivity contribution in [1.82, 2.24) is 0 Å². The van der Waals surface area contributed by atoms with E-state index in [0.717, 1.165) is 12.8 Å². The van der Waals surface area contributed by atoms with Crippen LogP contribution in [0.3, 0.4) is 0 Å². The van der Waals surface area contributed by atoms with Gasteiger partial charge in [0.05, 0.1) is 18.6 Å². The van der Waals surface area contributed by atoms with Gasteiger partial charge in [-0.15, -0.1) is 0 Å². The fourth-order valence-corrected chi connectivity index (χ4v) is 3.21. The lowest BCUT2D eigenvalue weighted by Crippen LogP contribution is -2.37. The van der Waals surface area contributed by atoms with Crippen LogP contribution in [0.25, 0.3) is 0 Å². The number of ketones is 2. The van der Waals surface area contributed by atoms with Crippen molar-refractivity contribution in [3.63, 3.8) is 0 Å². The first-order chi connectivity index (χ1) is 12.0. The quantitative estimate of drug-likeness (QED) is 0.315. The highest BCUT2D eigenvalue weighted by Gasteiger charge is 2.37. The molecule has 7 nitrogen and oxygen atoms in total. The molecule has 26 heavy (non-hydrogen) atoms. The molecule has 0 aliphatic heterocycles. The van der Waals surface area contributed by atoms with E-state index in [1.165, 1.54) is 6.92 Å². The molecule has 1 rings (SSSR count). The van der Waals surface area contributed by atoms with Crippen LogP contribution in [0, 0.1) is 11.3 Å². The van der Waals surface area contributed by atoms with Gasteiger partial charge in [0.25, 0.3) is 0 Å². The van der Waals surface area contributed by atoms with Crippen LogP contribution in [0.2, 0.25) is 0 Å². The van der Waals surface area contributed by atoms with Gasteiger partial charge in [0.15, 0.2) is 5.78 Å². The van der Waals surface area contributed by atoms with Gasteiger partial charge in [-0.2, -0.15) is 0 Å². The molecule has 0 aromatic heterocycles. The lowest BCUT2D eigenvalue weighted by Gasteiger charge is -2.40. The van der Waals surface area contributed by atoms with E-state index < -0.39 is 48.7 Å². The van der Waals surface area contributed by atoms with Crippen LogP contribution < -0.4 is 0 Å². The summed E-state index contributed by atoms with van der Waals surface area (Å²) in [6.07, 6.45) is -2.20. The first-order valence-electron chi connectivity index (χ1n) is 9.27. The Bertz CT molecular complexity index is 514. The minimum atomic E-state index is -1.62. The molecule has 0 radical (unpaired) electrons. The van der Waals surface area contributed by atoms with Crippen molar-refractivity contribution in [2.75, 3.05) is 0 Å². The molecule has 3 N–H and O–H groups in total. The molecule has 1 aliphatic rings. The average molecular weight is 372 g/mol. The number of carbonyl (C=O) groups excluding carboxylic acids is 3. The van der Waals surface area contributed by atoms with Gasteiger partial charge in [0, 0.05) is 6.42 Å². The fourth-order valence-electron chi connectivity index (χ4n) is 3.21. The zero-order valence-corrected chi connectivity index (χ0v) is 16.1. The normalized spacial score (nSPS) is 26.8. The van der Waals surface area contributed by atoms with Gasteiger partial charge in [0.1, 0.15) is 12.2 Å². The Morgan fingerprint density at radius 3 is 2.31 bits per heavy atom. The van der Waals surface area contributed by atoms with Gasteiger partial charge in [0.2, 0.25) is 5.78 Å². The number of Topliss-reactive ketones (excluding diaryl/α,β-unsaturated/α-hetero) is 2. The molecule has 1 saturated carbocycles. The lowest BCUT2D eigenvalue weighted by molar-refractivity contribution is -0.162. The number of aliphatic hydroxyl groups excluding tert-OH is 3. The Kier molecular flexibility index (Phi) is 8.37. The lowest BCUT2D eigenvalue weighted by atomic mass is 9.67. The summed E-state index contributed by atoms with van der Waals surface area (Å²) in [5, 5.41) is 28.3. The van der Waals surface area contributed by atoms with Crippen molar-refractivity contribution >= 4 is 17.5 Å². The monoisotopic (exact) mass is 372 g/mol. The van der Waals surface area contributed by atoms with Crippen molar-refractivity contribution in [2.24, 2.45) is 11.3 Å². The van der Waals surface area contributed by atoms with Gasteiger partial charge in [-0.3, -0.25) is 9.59 Å². The van der Waals surface area contributed by atoms with Crippen LogP contribution in [0.5, 0.6) is 0 Å². The average Bonchev–Trinajstić information content (AvgIpc) is 2.54. The smallest absolute Gasteiger partial charge is 0.375 e. The van der Waals surface area contributed by atoms with E-state index in [1.807, 2.05) is 0 Å². The molecule has 0 saturated heterocycles. The maximum atomic E-state index is 12.0. The van der Waals surface area contributed by atoms with Crippen LogP contribution in [0.1, 0.15) is 66.2 Å². The minimum Gasteiger partial charge on any atom is -0.457 e. The number of carbonyl (C=O) groups is 3. The summed E-state index contributed by atoms with van der Waals surface area (Å²) in [5.41, 5.74) is 0.0510. The SMILES string of the molecule is CC(O)C(O)CC(O)C(=O)CC(=O)C(=O)OC1CCCC(C)(C(C)C)C1. The van der Waals surface area contributed by atoms with Gasteiger partial charge in [-0.1, -0.05) is 20.8 Å². The second-order valence-electron chi connectivity index (χ2n) is 8.06. The number of aliphatic hydroxyl groups is 3. The molecule has 0 heterocycles. The highest BCUT2D eigenvalue weighted by Crippen LogP contribution is 2.42. The van der Waals surface area contributed by atoms with Crippen molar-refractivity contribution < 1.29 is 34.4 Å². The summed E-state index contributed by atoms with van der Waals surface area (Å²) in [6.45, 7) is 7.71. The van der Waals surface area contributed by atoms with Crippen LogP contribution in [0.4, 0.5) is 0 Å². The molecule has 0 bridgehead atoms. The molecular weight excluding hydrogens is 340 g/mol. The van der Waals surface area contributed by atoms with Crippen molar-refractivity contribution in [1.29, 1.82) is 0 Å². The third kappa shape index (κ3) is 6.45. The van der Waals surface area contributed by atoms with Gasteiger partial charge < -0.3 is 20.1 Å². The molecule has 5 unspecified atom stereocenters. The molecule has 7 heteroatoms. The van der Waals surface area contributed by atoms with Crippen molar-refractivity contribution in [3.8, 4) is 0 Å². The van der Waals surface area contributed by atoms with E-state index in [9.17, 15) is 29.7 Å². The Balaban J connectivity index is 2.52. The van der Waals surface area contributed by atoms with Crippen LogP contribution in [0.15, 0.2) is 0 Å². The van der Waals surface area contributed by atoms with E-state index in [-0.39, 0.29) is 11.5 Å². The van der Waals surface area contributed by atoms with Crippen molar-refractivity contribution in [3.05, 3.63) is 0 Å². The number of rotatable bonds is 9. The van der Waals surface area contributed by atoms with E-state index in [4.69, 9.17) is 4.74 Å². The number of hydrogen-bond donors (Lipinski definition) is 3. The second-order valence-corrected chi connectivity index (χ2v) is 8.06. The largest absolute Gasteiger partial charge is 0.457 e. The Morgan fingerprint density at radius 1 is 1.15 bits per heavy atom. The van der Waals surface area contributed by atoms with E-state index in [1.54, 1.807) is 0 Å². The summed E-state index contributed by atoms with van der Waals surface area (Å²) in [7, 11) is 0. The molecule has 0 aromatic rings. The summed E-state index contributed by atoms with van der Waals surface area (Å²) in [6, 6.07) is 0. The Hall–Kier alpha value is -1.31. The zero-order valence-electron chi connectivity index (χ0n) is 16.1. The van der Waals surface area contributed by atoms with Gasteiger partial charge in [-0.25, -0.2) is 4.79 Å². The minimum absolute atomic E-state index is 0.0510. The van der Waals surface area contributed by atoms with Crippen LogP contribution >= 0.6 is 0 Å². The zero-order chi connectivity index (χ0) is 20.1. The Labute approximate surface area is 154 Å². The van der Waals surface area contributed by atoms with Crippen molar-refractivity contribution in [2.45, 2.75) is 90.6 Å². The third-order valence-corrected chi connectivity index (χ3v) is 5.59. The molecule has 1 fully saturated rings. The number of esters is 1. The molecule has 0 spiro atoms. The topological polar surface area (TPSA) is 121 Å². The number of ether oxygens (including phenoxy) is 1. The van der Waals surface area contributed by atoms with Gasteiger partial charge >= 0.3 is 5.97 Å². The summed E-state index contributed by atoms with van der Waals surface area (Å²) < 4.78 is 5.29. The third-order valence-electron chi connectivity index (χ3n) is 5.59. The molecule has 1 aliphatic carbocycles. The molecule has 0 amide bonds. The predicted octanol–water partition coefficient (Wildman–Crippen LogP) is 1.16. The first kappa shape index (κ1) is 22.7. The number of hydrogen-bond acceptors (Lipinski definition) is 7. The maximum Gasteiger partial charge on any atom is 0.375 e.